The summed E-state index contributed by atoms with van der Waals surface area (Å²) in [5, 5.41) is 4.23. The maximum absolute atomic E-state index is 13.4. The average Bonchev–Trinajstić information content (AvgIpc) is 2.89. The number of hydrogen-bond acceptors (Lipinski definition) is 4. The van der Waals surface area contributed by atoms with Crippen molar-refractivity contribution in [1.82, 2.24) is 5.32 Å². The molecule has 0 radical (unpaired) electrons. The first kappa shape index (κ1) is 14.2. The van der Waals surface area contributed by atoms with Gasteiger partial charge in [-0.1, -0.05) is 18.2 Å². The van der Waals surface area contributed by atoms with Crippen molar-refractivity contribution in [2.24, 2.45) is 0 Å². The van der Waals surface area contributed by atoms with Gasteiger partial charge in [-0.15, -0.1) is 11.3 Å². The van der Waals surface area contributed by atoms with E-state index in [1.54, 1.807) is 18.2 Å². The molecule has 0 fully saturated rings. The van der Waals surface area contributed by atoms with Crippen LogP contribution in [0.3, 0.4) is 0 Å². The second-order valence-electron chi connectivity index (χ2n) is 4.77. The average molecular weight is 325 g/mol. The third-order valence-corrected chi connectivity index (χ3v) is 6.14. The Morgan fingerprint density at radius 3 is 2.76 bits per heavy atom. The monoisotopic (exact) mass is 325 g/mol. The minimum atomic E-state index is -3.30. The van der Waals surface area contributed by atoms with Gasteiger partial charge < -0.3 is 5.32 Å². The van der Waals surface area contributed by atoms with E-state index in [0.717, 1.165) is 11.3 Å². The van der Waals surface area contributed by atoms with Gasteiger partial charge >= 0.3 is 0 Å². The predicted octanol–water partition coefficient (Wildman–Crippen LogP) is 2.54. The summed E-state index contributed by atoms with van der Waals surface area (Å²) >= 11 is 1.02. The summed E-state index contributed by atoms with van der Waals surface area (Å²) in [5.41, 5.74) is 0.564. The molecule has 1 aromatic heterocycles. The van der Waals surface area contributed by atoms with E-state index < -0.39 is 27.6 Å². The Labute approximate surface area is 125 Å². The van der Waals surface area contributed by atoms with Crippen LogP contribution < -0.4 is 5.32 Å². The van der Waals surface area contributed by atoms with E-state index in [0.29, 0.717) is 5.56 Å². The Morgan fingerprint density at radius 1 is 1.29 bits per heavy atom. The van der Waals surface area contributed by atoms with Crippen LogP contribution in [0.1, 0.15) is 27.7 Å². The zero-order valence-electron chi connectivity index (χ0n) is 10.9. The molecule has 1 N–H and O–H groups in total. The first-order valence-corrected chi connectivity index (χ1v) is 8.88. The third kappa shape index (κ3) is 2.58. The van der Waals surface area contributed by atoms with Crippen molar-refractivity contribution in [2.75, 3.05) is 5.75 Å². The number of rotatable bonds is 2. The molecule has 21 heavy (non-hydrogen) atoms. The second kappa shape index (κ2) is 5.23. The highest BCUT2D eigenvalue weighted by molar-refractivity contribution is 7.91. The van der Waals surface area contributed by atoms with Gasteiger partial charge in [0.15, 0.2) is 9.84 Å². The molecule has 110 valence electrons. The Kier molecular flexibility index (Phi) is 3.54. The number of hydrogen-bond donors (Lipinski definition) is 1. The van der Waals surface area contributed by atoms with Gasteiger partial charge in [0.25, 0.3) is 5.91 Å². The van der Waals surface area contributed by atoms with Crippen LogP contribution in [0.15, 0.2) is 40.6 Å². The summed E-state index contributed by atoms with van der Waals surface area (Å²) in [6.45, 7) is 0. The van der Waals surface area contributed by atoms with Crippen LogP contribution in [0.25, 0.3) is 0 Å². The molecule has 1 aliphatic rings. The maximum atomic E-state index is 13.4. The fourth-order valence-electron chi connectivity index (χ4n) is 2.42. The largest absolute Gasteiger partial charge is 0.344 e. The second-order valence-corrected chi connectivity index (χ2v) is 7.76. The number of nitrogens with one attached hydrogen (secondary N) is 1. The van der Waals surface area contributed by atoms with Gasteiger partial charge in [0, 0.05) is 0 Å². The quantitative estimate of drug-likeness (QED) is 0.923. The fraction of sp³-hybridized carbons (Fsp3) is 0.214. The SMILES string of the molecule is O=C(NC1CCS(=O)(=O)c2ccccc21)c1sccc1F. The lowest BCUT2D eigenvalue weighted by atomic mass is 10.0. The normalized spacial score (nSPS) is 19.8. The number of fused-ring (bicyclic) bond motifs is 1. The van der Waals surface area contributed by atoms with Crippen molar-refractivity contribution in [1.29, 1.82) is 0 Å². The number of thiophene rings is 1. The van der Waals surface area contributed by atoms with Gasteiger partial charge in [0.1, 0.15) is 10.7 Å². The van der Waals surface area contributed by atoms with Crippen LogP contribution in [0, 0.1) is 5.82 Å². The van der Waals surface area contributed by atoms with E-state index >= 15 is 0 Å². The standard InChI is InChI=1S/C14H12FNO3S2/c15-10-5-7-20-13(10)14(17)16-11-6-8-21(18,19)12-4-2-1-3-9(11)12/h1-5,7,11H,6,8H2,(H,16,17). The molecule has 2 heterocycles. The molecule has 0 saturated carbocycles. The molecular weight excluding hydrogens is 313 g/mol. The molecule has 7 heteroatoms. The highest BCUT2D eigenvalue weighted by Crippen LogP contribution is 2.32. The number of benzene rings is 1. The van der Waals surface area contributed by atoms with E-state index in [2.05, 4.69) is 5.32 Å². The molecule has 0 bridgehead atoms. The predicted molar refractivity (Wildman–Crippen MR) is 77.6 cm³/mol. The first-order valence-electron chi connectivity index (χ1n) is 6.34. The number of carbonyl (C=O) groups is 1. The lowest BCUT2D eigenvalue weighted by Gasteiger charge is -2.26. The zero-order chi connectivity index (χ0) is 15.0. The molecule has 0 spiro atoms. The zero-order valence-corrected chi connectivity index (χ0v) is 12.5. The number of carbonyl (C=O) groups excluding carboxylic acids is 1. The Bertz CT molecular complexity index is 798. The summed E-state index contributed by atoms with van der Waals surface area (Å²) in [4.78, 5) is 12.3. The minimum absolute atomic E-state index is 0.0147. The van der Waals surface area contributed by atoms with Gasteiger partial charge in [0.05, 0.1) is 16.7 Å². The van der Waals surface area contributed by atoms with Crippen molar-refractivity contribution < 1.29 is 17.6 Å². The lowest BCUT2D eigenvalue weighted by molar-refractivity contribution is 0.0935. The van der Waals surface area contributed by atoms with Gasteiger partial charge in [-0.2, -0.15) is 0 Å². The maximum Gasteiger partial charge on any atom is 0.264 e. The third-order valence-electron chi connectivity index (χ3n) is 3.43. The van der Waals surface area contributed by atoms with E-state index in [-0.39, 0.29) is 21.9 Å². The molecule has 1 amide bonds. The van der Waals surface area contributed by atoms with Gasteiger partial charge in [-0.05, 0) is 29.5 Å². The smallest absolute Gasteiger partial charge is 0.264 e. The van der Waals surface area contributed by atoms with Crippen molar-refractivity contribution in [2.45, 2.75) is 17.4 Å². The lowest BCUT2D eigenvalue weighted by Crippen LogP contribution is -2.33. The summed E-state index contributed by atoms with van der Waals surface area (Å²) in [5.74, 6) is -1.10. The molecule has 0 saturated heterocycles. The summed E-state index contributed by atoms with van der Waals surface area (Å²) in [7, 11) is -3.30. The van der Waals surface area contributed by atoms with Crippen LogP contribution >= 0.6 is 11.3 Å². The molecule has 1 aromatic carbocycles. The molecule has 2 aromatic rings. The summed E-state index contributed by atoms with van der Waals surface area (Å²) < 4.78 is 37.5. The van der Waals surface area contributed by atoms with Crippen LogP contribution in [0.5, 0.6) is 0 Å². The van der Waals surface area contributed by atoms with Crippen molar-refractivity contribution in [3.8, 4) is 0 Å². The molecule has 3 rings (SSSR count). The Hall–Kier alpha value is -1.73. The van der Waals surface area contributed by atoms with Gasteiger partial charge in [-0.25, -0.2) is 12.8 Å². The highest BCUT2D eigenvalue weighted by Gasteiger charge is 2.31. The van der Waals surface area contributed by atoms with E-state index in [4.69, 9.17) is 0 Å². The van der Waals surface area contributed by atoms with E-state index in [1.807, 2.05) is 0 Å². The molecule has 1 atom stereocenters. The van der Waals surface area contributed by atoms with Crippen molar-refractivity contribution in [3.63, 3.8) is 0 Å². The molecule has 0 aliphatic carbocycles. The minimum Gasteiger partial charge on any atom is -0.344 e. The number of sulfone groups is 1. The first-order chi connectivity index (χ1) is 9.99. The van der Waals surface area contributed by atoms with Crippen LogP contribution in [-0.2, 0) is 9.84 Å². The summed E-state index contributed by atoms with van der Waals surface area (Å²) in [6.07, 6.45) is 0.290. The number of amides is 1. The fourth-order valence-corrected chi connectivity index (χ4v) is 4.71. The topological polar surface area (TPSA) is 63.2 Å². The number of halogens is 1. The molecule has 1 unspecified atom stereocenters. The molecule has 4 nitrogen and oxygen atoms in total. The van der Waals surface area contributed by atoms with Crippen LogP contribution in [-0.4, -0.2) is 20.1 Å². The Balaban J connectivity index is 1.91. The van der Waals surface area contributed by atoms with Crippen LogP contribution in [0.2, 0.25) is 0 Å². The van der Waals surface area contributed by atoms with E-state index in [1.165, 1.54) is 17.5 Å². The van der Waals surface area contributed by atoms with Crippen molar-refractivity contribution >= 4 is 27.1 Å². The van der Waals surface area contributed by atoms with E-state index in [9.17, 15) is 17.6 Å². The van der Waals surface area contributed by atoms with Gasteiger partial charge in [-0.3, -0.25) is 4.79 Å². The van der Waals surface area contributed by atoms with Crippen LogP contribution in [0.4, 0.5) is 4.39 Å². The molecule has 1 aliphatic heterocycles. The van der Waals surface area contributed by atoms with Crippen molar-refractivity contribution in [3.05, 3.63) is 52.0 Å². The summed E-state index contributed by atoms with van der Waals surface area (Å²) in [6, 6.07) is 7.41. The highest BCUT2D eigenvalue weighted by atomic mass is 32.2. The molecular formula is C14H12FNO3S2. The Morgan fingerprint density at radius 2 is 2.05 bits per heavy atom. The van der Waals surface area contributed by atoms with Gasteiger partial charge in [0.2, 0.25) is 0 Å².